The van der Waals surface area contributed by atoms with Crippen molar-refractivity contribution in [1.82, 2.24) is 0 Å². The lowest BCUT2D eigenvalue weighted by Gasteiger charge is -2.19. The summed E-state index contributed by atoms with van der Waals surface area (Å²) in [6.45, 7) is 8.46. The fourth-order valence-electron chi connectivity index (χ4n) is 2.11. The number of aryl methyl sites for hydroxylation is 1. The van der Waals surface area contributed by atoms with E-state index in [9.17, 15) is 9.90 Å². The summed E-state index contributed by atoms with van der Waals surface area (Å²) in [4.78, 5) is 12.3. The molecule has 0 unspecified atom stereocenters. The Morgan fingerprint density at radius 2 is 1.74 bits per heavy atom. The van der Waals surface area contributed by atoms with Crippen LogP contribution in [0, 0.1) is 6.92 Å². The summed E-state index contributed by atoms with van der Waals surface area (Å²) in [6, 6.07) is 8.19. The van der Waals surface area contributed by atoms with Gasteiger partial charge in [-0.3, -0.25) is 0 Å². The molecular formula is C16H18O2S. The molecule has 1 heterocycles. The Kier molecular flexibility index (Phi) is 3.50. The van der Waals surface area contributed by atoms with Crippen LogP contribution in [-0.2, 0) is 5.41 Å². The monoisotopic (exact) mass is 274 g/mol. The summed E-state index contributed by atoms with van der Waals surface area (Å²) in [5.74, 6) is -0.862. The second kappa shape index (κ2) is 4.82. The van der Waals surface area contributed by atoms with Gasteiger partial charge in [-0.1, -0.05) is 45.0 Å². The number of hydrogen-bond acceptors (Lipinski definition) is 2. The van der Waals surface area contributed by atoms with Crippen molar-refractivity contribution in [2.75, 3.05) is 0 Å². The van der Waals surface area contributed by atoms with Crippen molar-refractivity contribution < 1.29 is 9.90 Å². The fraction of sp³-hybridized carbons (Fsp3) is 0.312. The highest BCUT2D eigenvalue weighted by atomic mass is 32.1. The molecular weight excluding hydrogens is 256 g/mol. The molecule has 1 aromatic carbocycles. The van der Waals surface area contributed by atoms with E-state index >= 15 is 0 Å². The van der Waals surface area contributed by atoms with E-state index in [1.165, 1.54) is 16.9 Å². The van der Waals surface area contributed by atoms with Gasteiger partial charge < -0.3 is 5.11 Å². The molecule has 0 amide bonds. The first kappa shape index (κ1) is 13.8. The van der Waals surface area contributed by atoms with Crippen molar-refractivity contribution in [2.45, 2.75) is 33.1 Å². The van der Waals surface area contributed by atoms with Crippen molar-refractivity contribution in [2.24, 2.45) is 0 Å². The molecule has 1 N–H and O–H groups in total. The Labute approximate surface area is 117 Å². The van der Waals surface area contributed by atoms with Gasteiger partial charge >= 0.3 is 5.97 Å². The molecule has 2 rings (SSSR count). The second-order valence-electron chi connectivity index (χ2n) is 5.71. The van der Waals surface area contributed by atoms with Crippen LogP contribution in [0.15, 0.2) is 29.6 Å². The van der Waals surface area contributed by atoms with Gasteiger partial charge in [0.15, 0.2) is 0 Å². The summed E-state index contributed by atoms with van der Waals surface area (Å²) in [5.41, 5.74) is 3.58. The minimum atomic E-state index is -0.862. The van der Waals surface area contributed by atoms with Gasteiger partial charge in [0, 0.05) is 15.8 Å². The molecule has 0 spiro atoms. The summed E-state index contributed by atoms with van der Waals surface area (Å²) in [5, 5.41) is 10.9. The zero-order chi connectivity index (χ0) is 14.2. The van der Waals surface area contributed by atoms with Crippen molar-refractivity contribution in [3.8, 4) is 11.1 Å². The van der Waals surface area contributed by atoms with E-state index in [-0.39, 0.29) is 5.41 Å². The Hall–Kier alpha value is -1.61. The predicted octanol–water partition coefficient (Wildman–Crippen LogP) is 4.72. The van der Waals surface area contributed by atoms with Crippen LogP contribution >= 0.6 is 11.3 Å². The minimum absolute atomic E-state index is 0.109. The van der Waals surface area contributed by atoms with E-state index < -0.39 is 5.97 Å². The third-order valence-corrected chi connectivity index (χ3v) is 4.16. The summed E-state index contributed by atoms with van der Waals surface area (Å²) in [6.07, 6.45) is 0. The molecule has 0 atom stereocenters. The number of carboxylic acid groups (broad SMARTS) is 1. The predicted molar refractivity (Wildman–Crippen MR) is 80.2 cm³/mol. The SMILES string of the molecule is Cc1scc(C(=O)O)c1-c1ccc(C(C)(C)C)cc1. The largest absolute Gasteiger partial charge is 0.478 e. The average molecular weight is 274 g/mol. The molecule has 0 saturated heterocycles. The van der Waals surface area contributed by atoms with E-state index in [4.69, 9.17) is 0 Å². The lowest BCUT2D eigenvalue weighted by atomic mass is 9.86. The first-order valence-electron chi connectivity index (χ1n) is 6.23. The van der Waals surface area contributed by atoms with Crippen LogP contribution in [0.2, 0.25) is 0 Å². The Morgan fingerprint density at radius 1 is 1.16 bits per heavy atom. The number of aromatic carboxylic acids is 1. The maximum absolute atomic E-state index is 11.2. The first-order chi connectivity index (χ1) is 8.80. The van der Waals surface area contributed by atoms with Crippen LogP contribution in [0.25, 0.3) is 11.1 Å². The van der Waals surface area contributed by atoms with Crippen LogP contribution in [0.3, 0.4) is 0 Å². The topological polar surface area (TPSA) is 37.3 Å². The Morgan fingerprint density at radius 3 is 2.21 bits per heavy atom. The third kappa shape index (κ3) is 2.71. The summed E-state index contributed by atoms with van der Waals surface area (Å²) >= 11 is 1.48. The molecule has 0 saturated carbocycles. The molecule has 0 aliphatic heterocycles. The van der Waals surface area contributed by atoms with E-state index in [0.717, 1.165) is 16.0 Å². The number of carbonyl (C=O) groups is 1. The van der Waals surface area contributed by atoms with Gasteiger partial charge in [0.1, 0.15) is 0 Å². The van der Waals surface area contributed by atoms with Gasteiger partial charge in [-0.25, -0.2) is 4.79 Å². The number of hydrogen-bond donors (Lipinski definition) is 1. The van der Waals surface area contributed by atoms with Gasteiger partial charge in [-0.2, -0.15) is 0 Å². The number of carboxylic acids is 1. The lowest BCUT2D eigenvalue weighted by molar-refractivity contribution is 0.0698. The average Bonchev–Trinajstić information content (AvgIpc) is 2.70. The first-order valence-corrected chi connectivity index (χ1v) is 7.11. The van der Waals surface area contributed by atoms with Gasteiger partial charge in [-0.05, 0) is 23.5 Å². The standard InChI is InChI=1S/C16H18O2S/c1-10-14(13(9-19-10)15(17)18)11-5-7-12(8-6-11)16(2,3)4/h5-9H,1-4H3,(H,17,18). The lowest BCUT2D eigenvalue weighted by Crippen LogP contribution is -2.10. The molecule has 3 heteroatoms. The van der Waals surface area contributed by atoms with Gasteiger partial charge in [-0.15, -0.1) is 11.3 Å². The molecule has 2 aromatic rings. The molecule has 0 aliphatic rings. The molecule has 19 heavy (non-hydrogen) atoms. The molecule has 2 nitrogen and oxygen atoms in total. The van der Waals surface area contributed by atoms with Crippen LogP contribution in [0.4, 0.5) is 0 Å². The van der Waals surface area contributed by atoms with Crippen molar-refractivity contribution in [3.05, 3.63) is 45.6 Å². The van der Waals surface area contributed by atoms with Crippen LogP contribution in [0.1, 0.15) is 41.6 Å². The molecule has 100 valence electrons. The van der Waals surface area contributed by atoms with E-state index in [1.807, 2.05) is 19.1 Å². The fourth-order valence-corrected chi connectivity index (χ4v) is 2.97. The molecule has 0 fully saturated rings. The van der Waals surface area contributed by atoms with E-state index in [0.29, 0.717) is 5.56 Å². The van der Waals surface area contributed by atoms with Gasteiger partial charge in [0.05, 0.1) is 5.56 Å². The highest BCUT2D eigenvalue weighted by Crippen LogP contribution is 2.33. The van der Waals surface area contributed by atoms with Gasteiger partial charge in [0.25, 0.3) is 0 Å². The highest BCUT2D eigenvalue weighted by molar-refractivity contribution is 7.10. The molecule has 0 aliphatic carbocycles. The Balaban J connectivity index is 2.49. The summed E-state index contributed by atoms with van der Waals surface area (Å²) in [7, 11) is 0. The minimum Gasteiger partial charge on any atom is -0.478 e. The van der Waals surface area contributed by atoms with Crippen molar-refractivity contribution in [3.63, 3.8) is 0 Å². The van der Waals surface area contributed by atoms with Crippen molar-refractivity contribution in [1.29, 1.82) is 0 Å². The normalized spacial score (nSPS) is 11.6. The molecule has 0 bridgehead atoms. The van der Waals surface area contributed by atoms with Crippen molar-refractivity contribution >= 4 is 17.3 Å². The zero-order valence-corrected chi connectivity index (χ0v) is 12.5. The Bertz CT molecular complexity index is 601. The zero-order valence-electron chi connectivity index (χ0n) is 11.7. The highest BCUT2D eigenvalue weighted by Gasteiger charge is 2.18. The number of thiophene rings is 1. The smallest absolute Gasteiger partial charge is 0.337 e. The van der Waals surface area contributed by atoms with Crippen LogP contribution in [-0.4, -0.2) is 11.1 Å². The maximum Gasteiger partial charge on any atom is 0.337 e. The maximum atomic E-state index is 11.2. The van der Waals surface area contributed by atoms with E-state index in [1.54, 1.807) is 5.38 Å². The second-order valence-corrected chi connectivity index (χ2v) is 6.80. The number of rotatable bonds is 2. The third-order valence-electron chi connectivity index (χ3n) is 3.24. The quantitative estimate of drug-likeness (QED) is 0.860. The van der Waals surface area contributed by atoms with Crippen LogP contribution in [0.5, 0.6) is 0 Å². The van der Waals surface area contributed by atoms with Gasteiger partial charge in [0.2, 0.25) is 0 Å². The molecule has 1 aromatic heterocycles. The van der Waals surface area contributed by atoms with E-state index in [2.05, 4.69) is 32.9 Å². The molecule has 0 radical (unpaired) electrons. The van der Waals surface area contributed by atoms with Crippen LogP contribution < -0.4 is 0 Å². The summed E-state index contributed by atoms with van der Waals surface area (Å²) < 4.78 is 0. The number of benzene rings is 1.